The van der Waals surface area contributed by atoms with Crippen LogP contribution in [0.3, 0.4) is 0 Å². The van der Waals surface area contributed by atoms with Crippen molar-refractivity contribution in [3.8, 4) is 0 Å². The number of nitrogens with zero attached hydrogens (tertiary/aromatic N) is 2. The van der Waals surface area contributed by atoms with E-state index in [0.29, 0.717) is 19.5 Å². The van der Waals surface area contributed by atoms with Crippen molar-refractivity contribution >= 4 is 46.4 Å². The maximum atomic E-state index is 12.6. The van der Waals surface area contributed by atoms with Gasteiger partial charge in [0.15, 0.2) is 0 Å². The minimum absolute atomic E-state index is 0.0292. The van der Waals surface area contributed by atoms with Crippen molar-refractivity contribution in [2.45, 2.75) is 32.4 Å². The Bertz CT molecular complexity index is 694. The van der Waals surface area contributed by atoms with Gasteiger partial charge in [-0.3, -0.25) is 14.4 Å². The van der Waals surface area contributed by atoms with E-state index in [1.807, 2.05) is 31.2 Å². The lowest BCUT2D eigenvalue weighted by atomic mass is 10.1. The van der Waals surface area contributed by atoms with Crippen molar-refractivity contribution in [2.24, 2.45) is 0 Å². The molecule has 0 radical (unpaired) electrons. The van der Waals surface area contributed by atoms with Gasteiger partial charge in [0.2, 0.25) is 17.7 Å². The van der Waals surface area contributed by atoms with E-state index in [2.05, 4.69) is 5.32 Å². The number of likely N-dealkylation sites (N-methyl/N-ethyl adjacent to an activating group) is 1. The molecule has 1 saturated heterocycles. The SMILES string of the molecule is Cc1ccc(CNC(=O)C2CCCN2C(=O)CN(C)C(=O)CSC=S)cc1. The molecule has 146 valence electrons. The molecule has 1 aromatic rings. The van der Waals surface area contributed by atoms with Crippen molar-refractivity contribution in [3.63, 3.8) is 0 Å². The summed E-state index contributed by atoms with van der Waals surface area (Å²) >= 11 is 5.91. The molecule has 0 bridgehead atoms. The molecule has 1 atom stereocenters. The lowest BCUT2D eigenvalue weighted by Gasteiger charge is -2.26. The summed E-state index contributed by atoms with van der Waals surface area (Å²) in [7, 11) is 1.59. The maximum Gasteiger partial charge on any atom is 0.243 e. The number of benzene rings is 1. The number of carbonyl (C=O) groups excluding carboxylic acids is 3. The highest BCUT2D eigenvalue weighted by Crippen LogP contribution is 2.18. The van der Waals surface area contributed by atoms with E-state index in [0.717, 1.165) is 12.0 Å². The molecule has 27 heavy (non-hydrogen) atoms. The molecule has 0 spiro atoms. The summed E-state index contributed by atoms with van der Waals surface area (Å²) in [5.41, 5.74) is 2.19. The molecule has 0 aliphatic carbocycles. The van der Waals surface area contributed by atoms with Gasteiger partial charge in [-0.1, -0.05) is 42.0 Å². The maximum absolute atomic E-state index is 12.6. The van der Waals surface area contributed by atoms with E-state index in [4.69, 9.17) is 12.2 Å². The summed E-state index contributed by atoms with van der Waals surface area (Å²) in [5, 5.41) is 2.92. The number of carbonyl (C=O) groups is 3. The Morgan fingerprint density at radius 2 is 2.04 bits per heavy atom. The van der Waals surface area contributed by atoms with E-state index in [9.17, 15) is 14.4 Å². The highest BCUT2D eigenvalue weighted by Gasteiger charge is 2.34. The number of nitrogens with one attached hydrogen (secondary N) is 1. The third kappa shape index (κ3) is 6.32. The predicted molar refractivity (Wildman–Crippen MR) is 112 cm³/mol. The van der Waals surface area contributed by atoms with Crippen LogP contribution in [0.1, 0.15) is 24.0 Å². The number of hydrogen-bond donors (Lipinski definition) is 1. The van der Waals surface area contributed by atoms with Gasteiger partial charge in [-0.2, -0.15) is 0 Å². The molecule has 1 aliphatic rings. The van der Waals surface area contributed by atoms with Crippen molar-refractivity contribution in [1.29, 1.82) is 0 Å². The molecule has 1 N–H and O–H groups in total. The normalized spacial score (nSPS) is 16.1. The summed E-state index contributed by atoms with van der Waals surface area (Å²) in [6.45, 7) is 2.96. The van der Waals surface area contributed by atoms with Gasteiger partial charge in [0.1, 0.15) is 6.04 Å². The molecule has 1 fully saturated rings. The Hall–Kier alpha value is -1.93. The van der Waals surface area contributed by atoms with Gasteiger partial charge in [0.05, 0.1) is 12.3 Å². The number of thioether (sulfide) groups is 1. The van der Waals surface area contributed by atoms with Gasteiger partial charge >= 0.3 is 0 Å². The zero-order valence-electron chi connectivity index (χ0n) is 15.6. The van der Waals surface area contributed by atoms with Crippen molar-refractivity contribution < 1.29 is 14.4 Å². The van der Waals surface area contributed by atoms with Gasteiger partial charge in [-0.05, 0) is 25.3 Å². The first kappa shape index (κ1) is 21.4. The highest BCUT2D eigenvalue weighted by atomic mass is 32.2. The lowest BCUT2D eigenvalue weighted by Crippen LogP contribution is -2.49. The van der Waals surface area contributed by atoms with E-state index in [1.54, 1.807) is 11.9 Å². The summed E-state index contributed by atoms with van der Waals surface area (Å²) in [4.78, 5) is 40.0. The number of rotatable bonds is 8. The molecule has 1 aliphatic heterocycles. The molecule has 6 nitrogen and oxygen atoms in total. The second-order valence-corrected chi connectivity index (χ2v) is 8.00. The topological polar surface area (TPSA) is 69.7 Å². The lowest BCUT2D eigenvalue weighted by molar-refractivity contribution is -0.142. The summed E-state index contributed by atoms with van der Waals surface area (Å²) in [6.07, 6.45) is 1.43. The quantitative estimate of drug-likeness (QED) is 0.665. The first-order chi connectivity index (χ1) is 12.9. The second-order valence-electron chi connectivity index (χ2n) is 6.61. The Kier molecular flexibility index (Phi) is 8.24. The van der Waals surface area contributed by atoms with Gasteiger partial charge in [-0.25, -0.2) is 0 Å². The number of thiocarbonyl (C=S) groups is 1. The fourth-order valence-corrected chi connectivity index (χ4v) is 3.58. The Morgan fingerprint density at radius 3 is 2.70 bits per heavy atom. The summed E-state index contributed by atoms with van der Waals surface area (Å²) in [6, 6.07) is 7.49. The van der Waals surface area contributed by atoms with Crippen LogP contribution in [-0.4, -0.2) is 64.2 Å². The van der Waals surface area contributed by atoms with Crippen LogP contribution in [0.25, 0.3) is 0 Å². The van der Waals surface area contributed by atoms with Gasteiger partial charge in [-0.15, -0.1) is 11.8 Å². The Morgan fingerprint density at radius 1 is 1.33 bits per heavy atom. The van der Waals surface area contributed by atoms with Crippen molar-refractivity contribution in [1.82, 2.24) is 15.1 Å². The molecule has 0 aromatic heterocycles. The van der Waals surface area contributed by atoms with E-state index in [1.165, 1.54) is 26.9 Å². The fraction of sp³-hybridized carbons (Fsp3) is 0.474. The second kappa shape index (κ2) is 10.4. The van der Waals surface area contributed by atoms with Crippen molar-refractivity contribution in [3.05, 3.63) is 35.4 Å². The smallest absolute Gasteiger partial charge is 0.243 e. The molecular weight excluding hydrogens is 382 g/mol. The van der Waals surface area contributed by atoms with Gasteiger partial charge in [0, 0.05) is 24.8 Å². The zero-order chi connectivity index (χ0) is 19.8. The number of likely N-dealkylation sites (tertiary alicyclic amines) is 1. The van der Waals surface area contributed by atoms with Crippen LogP contribution < -0.4 is 5.32 Å². The minimum Gasteiger partial charge on any atom is -0.350 e. The van der Waals surface area contributed by atoms with Crippen molar-refractivity contribution in [2.75, 3.05) is 25.9 Å². The van der Waals surface area contributed by atoms with Crippen LogP contribution >= 0.6 is 24.0 Å². The van der Waals surface area contributed by atoms with Crippen LogP contribution in [0, 0.1) is 6.92 Å². The fourth-order valence-electron chi connectivity index (χ4n) is 2.95. The number of hydrogen-bond acceptors (Lipinski definition) is 5. The minimum atomic E-state index is -0.471. The largest absolute Gasteiger partial charge is 0.350 e. The Labute approximate surface area is 169 Å². The first-order valence-corrected chi connectivity index (χ1v) is 10.4. The van der Waals surface area contributed by atoms with Crippen LogP contribution in [-0.2, 0) is 20.9 Å². The standard InChI is InChI=1S/C19H25N3O3S2/c1-14-5-7-15(8-6-14)10-20-19(25)16-4-3-9-22(16)17(23)11-21(2)18(24)12-27-13-26/h5-8,13,16H,3-4,9-12H2,1-2H3,(H,20,25). The average Bonchev–Trinajstić information content (AvgIpc) is 3.15. The van der Waals surface area contributed by atoms with Crippen LogP contribution in [0.15, 0.2) is 24.3 Å². The Balaban J connectivity index is 1.88. The monoisotopic (exact) mass is 407 g/mol. The third-order valence-electron chi connectivity index (χ3n) is 4.54. The van der Waals surface area contributed by atoms with Gasteiger partial charge in [0.25, 0.3) is 0 Å². The molecule has 8 heteroatoms. The van der Waals surface area contributed by atoms with Crippen LogP contribution in [0.4, 0.5) is 0 Å². The van der Waals surface area contributed by atoms with E-state index >= 15 is 0 Å². The molecule has 3 amide bonds. The number of aryl methyl sites for hydroxylation is 1. The summed E-state index contributed by atoms with van der Waals surface area (Å²) in [5.74, 6) is -0.292. The third-order valence-corrected chi connectivity index (χ3v) is 5.49. The predicted octanol–water partition coefficient (Wildman–Crippen LogP) is 1.75. The first-order valence-electron chi connectivity index (χ1n) is 8.84. The number of amides is 3. The molecular formula is C19H25N3O3S2. The van der Waals surface area contributed by atoms with E-state index in [-0.39, 0.29) is 30.0 Å². The molecule has 1 aromatic carbocycles. The molecule has 1 heterocycles. The molecule has 0 saturated carbocycles. The molecule has 1 unspecified atom stereocenters. The highest BCUT2D eigenvalue weighted by molar-refractivity contribution is 8.21. The zero-order valence-corrected chi connectivity index (χ0v) is 17.3. The van der Waals surface area contributed by atoms with E-state index < -0.39 is 6.04 Å². The molecule has 2 rings (SSSR count). The van der Waals surface area contributed by atoms with Crippen LogP contribution in [0.2, 0.25) is 0 Å². The average molecular weight is 408 g/mol. The summed E-state index contributed by atoms with van der Waals surface area (Å²) < 4.78 is 1.43. The van der Waals surface area contributed by atoms with Crippen LogP contribution in [0.5, 0.6) is 0 Å². The van der Waals surface area contributed by atoms with Gasteiger partial charge < -0.3 is 15.1 Å².